The van der Waals surface area contributed by atoms with E-state index in [1.807, 2.05) is 5.01 Å². The standard InChI is InChI=1S/C53H77N3O12/c1-31-24-23-25-32(2)52(64)55-43-38(30-54-56-27-21-19-17-15-13-11-10-12-14-16-18-20-22-28-56)47(61)40-41(48(43)62)46(60)36(6)50-42(40)51(63)53(8,68-50)66-29-26-39(65-9)33(3)49(67-37(7)57)35(5)45(59)34(4)44(31)58/h23-26,29-31,33-35,39,44-45,49,58-62H,10-22,27-28H2,1-9H3,(H,55,64). The molecule has 0 saturated carbocycles. The van der Waals surface area contributed by atoms with Crippen molar-refractivity contribution in [1.82, 2.24) is 5.01 Å². The first kappa shape index (κ1) is 53.8. The van der Waals surface area contributed by atoms with E-state index in [4.69, 9.17) is 24.0 Å². The fraction of sp³-hybridized carbons (Fsp3) is 0.623. The lowest BCUT2D eigenvalue weighted by Gasteiger charge is -2.38. The minimum Gasteiger partial charge on any atom is -0.507 e. The molecule has 2 aromatic carbocycles. The zero-order valence-electron chi connectivity index (χ0n) is 41.7. The predicted molar refractivity (Wildman–Crippen MR) is 263 cm³/mol. The summed E-state index contributed by atoms with van der Waals surface area (Å²) in [7, 11) is 1.45. The third-order valence-corrected chi connectivity index (χ3v) is 14.2. The number of hydrogen-bond donors (Lipinski definition) is 6. The van der Waals surface area contributed by atoms with Crippen molar-refractivity contribution < 1.29 is 58.9 Å². The van der Waals surface area contributed by atoms with Gasteiger partial charge in [0.15, 0.2) is 5.75 Å². The number of anilines is 1. The molecule has 15 heteroatoms. The molecule has 2 aromatic rings. The van der Waals surface area contributed by atoms with Gasteiger partial charge in [0.2, 0.25) is 0 Å². The zero-order valence-corrected chi connectivity index (χ0v) is 41.7. The Balaban J connectivity index is 1.66. The van der Waals surface area contributed by atoms with E-state index in [-0.39, 0.29) is 44.5 Å². The molecule has 1 fully saturated rings. The van der Waals surface area contributed by atoms with Crippen molar-refractivity contribution in [2.75, 3.05) is 25.5 Å². The van der Waals surface area contributed by atoms with Crippen molar-refractivity contribution in [1.29, 1.82) is 0 Å². The van der Waals surface area contributed by atoms with Gasteiger partial charge < -0.3 is 49.8 Å². The summed E-state index contributed by atoms with van der Waals surface area (Å²) < 4.78 is 23.9. The zero-order chi connectivity index (χ0) is 49.9. The van der Waals surface area contributed by atoms with E-state index < -0.39 is 88.8 Å². The fourth-order valence-electron chi connectivity index (χ4n) is 9.77. The molecule has 6 rings (SSSR count). The minimum atomic E-state index is -2.05. The Bertz CT molecular complexity index is 2200. The molecule has 0 spiro atoms. The molecule has 9 unspecified atom stereocenters. The summed E-state index contributed by atoms with van der Waals surface area (Å²) in [5.41, 5.74) is -0.238. The van der Waals surface area contributed by atoms with Crippen LogP contribution in [-0.4, -0.2) is 105 Å². The number of hydrazone groups is 1. The van der Waals surface area contributed by atoms with Crippen LogP contribution in [0.3, 0.4) is 0 Å². The molecule has 0 aliphatic carbocycles. The molecule has 4 aliphatic heterocycles. The number of hydrogen-bond acceptors (Lipinski definition) is 14. The number of benzene rings is 2. The van der Waals surface area contributed by atoms with Gasteiger partial charge in [0.25, 0.3) is 11.7 Å². The minimum absolute atomic E-state index is 0.0696. The van der Waals surface area contributed by atoms with E-state index >= 15 is 0 Å². The summed E-state index contributed by atoms with van der Waals surface area (Å²) in [5, 5.41) is 68.4. The number of methoxy groups -OCH3 is 1. The van der Waals surface area contributed by atoms with Gasteiger partial charge >= 0.3 is 11.8 Å². The number of amides is 1. The summed E-state index contributed by atoms with van der Waals surface area (Å²) in [6, 6.07) is 0. The Hall–Kier alpha value is -5.12. The molecule has 4 aliphatic rings. The van der Waals surface area contributed by atoms with Crippen LogP contribution in [0, 0.1) is 30.6 Å². The number of fused-ring (bicyclic) bond motifs is 14. The summed E-state index contributed by atoms with van der Waals surface area (Å²) in [4.78, 5) is 41.1. The summed E-state index contributed by atoms with van der Waals surface area (Å²) in [6.07, 6.45) is 19.9. The number of ether oxygens (including phenoxy) is 4. The average molecular weight is 948 g/mol. The van der Waals surface area contributed by atoms with Gasteiger partial charge in [-0.2, -0.15) is 5.10 Å². The first-order chi connectivity index (χ1) is 32.3. The Labute approximate surface area is 402 Å². The number of rotatable bonds is 4. The van der Waals surface area contributed by atoms with Gasteiger partial charge in [-0.15, -0.1) is 0 Å². The van der Waals surface area contributed by atoms with Gasteiger partial charge in [-0.3, -0.25) is 19.4 Å². The maximum absolute atomic E-state index is 14.7. The highest BCUT2D eigenvalue weighted by molar-refractivity contribution is 6.23. The quantitative estimate of drug-likeness (QED) is 0.0730. The normalized spacial score (nSPS) is 29.2. The lowest BCUT2D eigenvalue weighted by molar-refractivity contribution is -0.160. The topological polar surface area (TPSA) is 217 Å². The Morgan fingerprint density at radius 3 is 1.94 bits per heavy atom. The third kappa shape index (κ3) is 12.6. The van der Waals surface area contributed by atoms with Gasteiger partial charge in [0, 0.05) is 74.2 Å². The smallest absolute Gasteiger partial charge is 0.312 e. The van der Waals surface area contributed by atoms with E-state index in [2.05, 4.69) is 5.32 Å². The molecule has 0 aromatic heterocycles. The molecule has 4 heterocycles. The second-order valence-electron chi connectivity index (χ2n) is 19.4. The number of aromatic hydroxyl groups is 3. The monoisotopic (exact) mass is 948 g/mol. The van der Waals surface area contributed by atoms with Crippen LogP contribution in [0.5, 0.6) is 23.0 Å². The second kappa shape index (κ2) is 24.4. The van der Waals surface area contributed by atoms with Crippen LogP contribution in [0.1, 0.15) is 153 Å². The van der Waals surface area contributed by atoms with Gasteiger partial charge in [-0.1, -0.05) is 117 Å². The number of phenolic OH excluding ortho intramolecular Hbond substituents is 3. The van der Waals surface area contributed by atoms with Gasteiger partial charge in [0.05, 0.1) is 53.0 Å². The number of nitrogens with one attached hydrogen (secondary N) is 1. The molecule has 9 atom stereocenters. The molecule has 15 nitrogen and oxygen atoms in total. The van der Waals surface area contributed by atoms with E-state index in [0.717, 1.165) is 38.5 Å². The van der Waals surface area contributed by atoms with Crippen molar-refractivity contribution in [3.63, 3.8) is 0 Å². The van der Waals surface area contributed by atoms with Crippen molar-refractivity contribution in [2.24, 2.45) is 28.8 Å². The Morgan fingerprint density at radius 1 is 0.809 bits per heavy atom. The van der Waals surface area contributed by atoms with Crippen LogP contribution in [-0.2, 0) is 23.8 Å². The summed E-state index contributed by atoms with van der Waals surface area (Å²) >= 11 is 0. The molecule has 5 bridgehead atoms. The molecular formula is C53H77N3O12. The number of aliphatic hydroxyl groups is 2. The average Bonchev–Trinajstić information content (AvgIpc) is 3.57. The molecule has 1 amide bonds. The number of Topliss-reactive ketones (excluding diaryl/α,β-unsaturated/α-hetero) is 1. The maximum atomic E-state index is 14.7. The highest BCUT2D eigenvalue weighted by Gasteiger charge is 2.50. The first-order valence-electron chi connectivity index (χ1n) is 24.7. The van der Waals surface area contributed by atoms with Crippen LogP contribution in [0.4, 0.5) is 5.69 Å². The first-order valence-corrected chi connectivity index (χ1v) is 24.7. The van der Waals surface area contributed by atoms with Crippen LogP contribution < -0.4 is 10.1 Å². The van der Waals surface area contributed by atoms with Crippen LogP contribution >= 0.6 is 0 Å². The van der Waals surface area contributed by atoms with Gasteiger partial charge in [-0.25, -0.2) is 0 Å². The Kier molecular flexibility index (Phi) is 19.3. The fourth-order valence-corrected chi connectivity index (χ4v) is 9.77. The maximum Gasteiger partial charge on any atom is 0.312 e. The van der Waals surface area contributed by atoms with Crippen LogP contribution in [0.15, 0.2) is 41.2 Å². The largest absolute Gasteiger partial charge is 0.507 e. The number of esters is 1. The summed E-state index contributed by atoms with van der Waals surface area (Å²) in [6.45, 7) is 14.0. The van der Waals surface area contributed by atoms with Crippen LogP contribution in [0.2, 0.25) is 0 Å². The van der Waals surface area contributed by atoms with E-state index in [0.29, 0.717) is 13.1 Å². The molecule has 6 N–H and O–H groups in total. The number of ketones is 1. The van der Waals surface area contributed by atoms with E-state index in [1.165, 1.54) is 97.5 Å². The summed E-state index contributed by atoms with van der Waals surface area (Å²) in [5.74, 6) is -8.23. The number of carbonyl (C=O) groups excluding carboxylic acids is 3. The number of carbonyl (C=O) groups is 3. The van der Waals surface area contributed by atoms with Gasteiger partial charge in [0.1, 0.15) is 23.4 Å². The SMILES string of the molecule is COC1C=COC2(C)Oc3c(C)c(O)c4c(O)c(c(C=NN5CCCCCCCCCCCCCCC5)c(O)c4c3C2=O)NC(=O)C(C)=CC=CC(C)C(O)C(C)C(O)C(C)C(OC(C)=O)C1C. The number of aliphatic hydroxyl groups excluding tert-OH is 2. The highest BCUT2D eigenvalue weighted by atomic mass is 16.7. The van der Waals surface area contributed by atoms with Crippen molar-refractivity contribution in [2.45, 2.75) is 169 Å². The third-order valence-electron chi connectivity index (χ3n) is 14.2. The second-order valence-corrected chi connectivity index (χ2v) is 19.4. The van der Waals surface area contributed by atoms with E-state index in [9.17, 15) is 39.9 Å². The van der Waals surface area contributed by atoms with Crippen LogP contribution in [0.25, 0.3) is 10.8 Å². The lowest BCUT2D eigenvalue weighted by atomic mass is 9.78. The van der Waals surface area contributed by atoms with Crippen molar-refractivity contribution in [3.8, 4) is 23.0 Å². The Morgan fingerprint density at radius 2 is 1.38 bits per heavy atom. The van der Waals surface area contributed by atoms with Crippen molar-refractivity contribution in [3.05, 3.63) is 52.8 Å². The number of allylic oxidation sites excluding steroid dienone is 2. The molecule has 68 heavy (non-hydrogen) atoms. The van der Waals surface area contributed by atoms with Gasteiger partial charge in [-0.05, 0) is 32.8 Å². The lowest BCUT2D eigenvalue weighted by Crippen LogP contribution is -2.46. The molecule has 1 saturated heterocycles. The predicted octanol–water partition coefficient (Wildman–Crippen LogP) is 9.47. The van der Waals surface area contributed by atoms with E-state index in [1.54, 1.807) is 46.8 Å². The van der Waals surface area contributed by atoms with Crippen molar-refractivity contribution >= 4 is 40.3 Å². The number of phenols is 3. The highest BCUT2D eigenvalue weighted by Crippen LogP contribution is 2.55. The molecule has 0 radical (unpaired) electrons. The molecule has 376 valence electrons. The number of nitrogens with zero attached hydrogens (tertiary/aromatic N) is 2. The molecular weight excluding hydrogens is 871 g/mol.